The molecule has 4 heteroatoms. The number of aromatic nitrogens is 2. The number of nitrogens with zero attached hydrogens (tertiary/aromatic N) is 2. The summed E-state index contributed by atoms with van der Waals surface area (Å²) in [6.45, 7) is 8.40. The molecule has 0 radical (unpaired) electrons. The second-order valence-electron chi connectivity index (χ2n) is 5.35. The third-order valence-electron chi connectivity index (χ3n) is 4.12. The number of nitrogens with one attached hydrogen (secondary N) is 1. The van der Waals surface area contributed by atoms with Crippen LogP contribution >= 0.6 is 0 Å². The van der Waals surface area contributed by atoms with Crippen molar-refractivity contribution in [1.29, 1.82) is 0 Å². The molecule has 1 aromatic heterocycles. The highest BCUT2D eigenvalue weighted by molar-refractivity contribution is 5.05. The van der Waals surface area contributed by atoms with Crippen molar-refractivity contribution in [3.8, 4) is 0 Å². The first kappa shape index (κ1) is 14.5. The Morgan fingerprint density at radius 1 is 1.37 bits per heavy atom. The summed E-state index contributed by atoms with van der Waals surface area (Å²) in [5.74, 6) is 0.626. The van der Waals surface area contributed by atoms with Crippen molar-refractivity contribution >= 4 is 0 Å². The van der Waals surface area contributed by atoms with Gasteiger partial charge in [-0.2, -0.15) is 0 Å². The minimum Gasteiger partial charge on any atom is -0.376 e. The van der Waals surface area contributed by atoms with E-state index in [9.17, 15) is 0 Å². The smallest absolute Gasteiger partial charge is 0.0949 e. The second-order valence-corrected chi connectivity index (χ2v) is 5.35. The zero-order valence-electron chi connectivity index (χ0n) is 12.3. The Morgan fingerprint density at radius 2 is 2.11 bits per heavy atom. The number of ether oxygens (including phenoxy) is 1. The van der Waals surface area contributed by atoms with Crippen molar-refractivity contribution in [1.82, 2.24) is 14.9 Å². The first-order valence-electron chi connectivity index (χ1n) is 7.67. The normalized spacial score (nSPS) is 17.2. The van der Waals surface area contributed by atoms with Crippen LogP contribution in [0.4, 0.5) is 0 Å². The Kier molecular flexibility index (Phi) is 5.86. The van der Waals surface area contributed by atoms with Crippen LogP contribution in [0.25, 0.3) is 0 Å². The van der Waals surface area contributed by atoms with Gasteiger partial charge in [-0.05, 0) is 38.8 Å². The van der Waals surface area contributed by atoms with Crippen molar-refractivity contribution < 1.29 is 4.74 Å². The van der Waals surface area contributed by atoms with E-state index in [1.165, 1.54) is 18.5 Å². The first-order valence-corrected chi connectivity index (χ1v) is 7.67. The number of piperidine rings is 1. The van der Waals surface area contributed by atoms with Crippen LogP contribution in [0.15, 0.2) is 12.5 Å². The van der Waals surface area contributed by atoms with Crippen LogP contribution < -0.4 is 5.32 Å². The average molecular weight is 265 g/mol. The summed E-state index contributed by atoms with van der Waals surface area (Å²) in [6.07, 6.45) is 9.05. The molecule has 0 aromatic carbocycles. The predicted octanol–water partition coefficient (Wildman–Crippen LogP) is 2.56. The lowest BCUT2D eigenvalue weighted by atomic mass is 10.00. The molecule has 2 heterocycles. The molecule has 0 unspecified atom stereocenters. The van der Waals surface area contributed by atoms with Crippen LogP contribution in [0, 0.1) is 0 Å². The SMILES string of the molecule is CCC(CC)c1cncn1CCOC1CCNCC1. The average Bonchev–Trinajstić information content (AvgIpc) is 2.90. The molecule has 19 heavy (non-hydrogen) atoms. The minimum atomic E-state index is 0.446. The van der Waals surface area contributed by atoms with Crippen LogP contribution in [0.2, 0.25) is 0 Å². The van der Waals surface area contributed by atoms with E-state index in [-0.39, 0.29) is 0 Å². The molecule has 4 nitrogen and oxygen atoms in total. The first-order chi connectivity index (χ1) is 9.35. The van der Waals surface area contributed by atoms with Crippen LogP contribution in [0.5, 0.6) is 0 Å². The number of hydrogen-bond donors (Lipinski definition) is 1. The van der Waals surface area contributed by atoms with Crippen molar-refractivity contribution in [3.63, 3.8) is 0 Å². The quantitative estimate of drug-likeness (QED) is 0.823. The van der Waals surface area contributed by atoms with E-state index < -0.39 is 0 Å². The lowest BCUT2D eigenvalue weighted by Gasteiger charge is -2.23. The number of rotatable bonds is 7. The Morgan fingerprint density at radius 3 is 2.79 bits per heavy atom. The maximum Gasteiger partial charge on any atom is 0.0949 e. The molecule has 1 aliphatic rings. The lowest BCUT2D eigenvalue weighted by Crippen LogP contribution is -2.33. The van der Waals surface area contributed by atoms with Gasteiger partial charge in [-0.15, -0.1) is 0 Å². The standard InChI is InChI=1S/C15H27N3O/c1-3-13(4-2)15-11-17-12-18(15)9-10-19-14-5-7-16-8-6-14/h11-14,16H,3-10H2,1-2H3. The van der Waals surface area contributed by atoms with Crippen LogP contribution in [-0.4, -0.2) is 35.4 Å². The van der Waals surface area contributed by atoms with E-state index in [4.69, 9.17) is 4.74 Å². The summed E-state index contributed by atoms with van der Waals surface area (Å²) >= 11 is 0. The molecular weight excluding hydrogens is 238 g/mol. The molecule has 0 saturated carbocycles. The molecule has 1 saturated heterocycles. The van der Waals surface area contributed by atoms with E-state index in [1.54, 1.807) is 0 Å². The summed E-state index contributed by atoms with van der Waals surface area (Å²) in [6, 6.07) is 0. The summed E-state index contributed by atoms with van der Waals surface area (Å²) in [7, 11) is 0. The molecule has 0 amide bonds. The van der Waals surface area contributed by atoms with Gasteiger partial charge in [0.25, 0.3) is 0 Å². The third-order valence-corrected chi connectivity index (χ3v) is 4.12. The molecule has 1 fully saturated rings. The molecule has 0 bridgehead atoms. The minimum absolute atomic E-state index is 0.446. The molecular formula is C15H27N3O. The van der Waals surface area contributed by atoms with Crippen LogP contribution in [0.1, 0.15) is 51.1 Å². The predicted molar refractivity (Wildman–Crippen MR) is 77.4 cm³/mol. The van der Waals surface area contributed by atoms with Crippen molar-refractivity contribution in [2.24, 2.45) is 0 Å². The number of hydrogen-bond acceptors (Lipinski definition) is 3. The van der Waals surface area contributed by atoms with Gasteiger partial charge in [-0.25, -0.2) is 4.98 Å². The Labute approximate surface area is 116 Å². The highest BCUT2D eigenvalue weighted by Gasteiger charge is 2.14. The van der Waals surface area contributed by atoms with E-state index in [0.717, 1.165) is 39.1 Å². The fourth-order valence-corrected chi connectivity index (χ4v) is 2.84. The monoisotopic (exact) mass is 265 g/mol. The molecule has 108 valence electrons. The van der Waals surface area contributed by atoms with Crippen molar-refractivity contribution in [3.05, 3.63) is 18.2 Å². The zero-order chi connectivity index (χ0) is 13.5. The highest BCUT2D eigenvalue weighted by atomic mass is 16.5. The van der Waals surface area contributed by atoms with Crippen molar-refractivity contribution in [2.45, 2.75) is 58.1 Å². The van der Waals surface area contributed by atoms with Gasteiger partial charge in [0.1, 0.15) is 0 Å². The van der Waals surface area contributed by atoms with Gasteiger partial charge in [0.05, 0.1) is 19.0 Å². The Balaban J connectivity index is 1.80. The second kappa shape index (κ2) is 7.65. The third kappa shape index (κ3) is 4.05. The summed E-state index contributed by atoms with van der Waals surface area (Å²) < 4.78 is 8.23. The van der Waals surface area contributed by atoms with Crippen LogP contribution in [0.3, 0.4) is 0 Å². The fourth-order valence-electron chi connectivity index (χ4n) is 2.84. The lowest BCUT2D eigenvalue weighted by molar-refractivity contribution is 0.0281. The van der Waals surface area contributed by atoms with Gasteiger partial charge in [-0.1, -0.05) is 13.8 Å². The maximum atomic E-state index is 5.97. The molecule has 0 atom stereocenters. The molecule has 1 aromatic rings. The molecule has 1 N–H and O–H groups in total. The highest BCUT2D eigenvalue weighted by Crippen LogP contribution is 2.22. The molecule has 1 aliphatic heterocycles. The van der Waals surface area contributed by atoms with E-state index in [1.807, 2.05) is 12.5 Å². The topological polar surface area (TPSA) is 39.1 Å². The van der Waals surface area contributed by atoms with Crippen LogP contribution in [-0.2, 0) is 11.3 Å². The van der Waals surface area contributed by atoms with Gasteiger partial charge < -0.3 is 14.6 Å². The van der Waals surface area contributed by atoms with E-state index in [0.29, 0.717) is 12.0 Å². The van der Waals surface area contributed by atoms with Gasteiger partial charge in [0, 0.05) is 24.4 Å². The maximum absolute atomic E-state index is 5.97. The fraction of sp³-hybridized carbons (Fsp3) is 0.800. The summed E-state index contributed by atoms with van der Waals surface area (Å²) in [5.41, 5.74) is 1.36. The summed E-state index contributed by atoms with van der Waals surface area (Å²) in [5, 5.41) is 3.36. The van der Waals surface area contributed by atoms with Gasteiger partial charge >= 0.3 is 0 Å². The van der Waals surface area contributed by atoms with E-state index in [2.05, 4.69) is 28.7 Å². The van der Waals surface area contributed by atoms with Gasteiger partial charge in [0.2, 0.25) is 0 Å². The van der Waals surface area contributed by atoms with E-state index >= 15 is 0 Å². The number of imidazole rings is 1. The van der Waals surface area contributed by atoms with Gasteiger partial charge in [-0.3, -0.25) is 0 Å². The Hall–Kier alpha value is -0.870. The molecule has 2 rings (SSSR count). The van der Waals surface area contributed by atoms with Gasteiger partial charge in [0.15, 0.2) is 0 Å². The van der Waals surface area contributed by atoms with Crippen molar-refractivity contribution in [2.75, 3.05) is 19.7 Å². The zero-order valence-corrected chi connectivity index (χ0v) is 12.3. The Bertz CT molecular complexity index is 354. The molecule has 0 aliphatic carbocycles. The summed E-state index contributed by atoms with van der Waals surface area (Å²) in [4.78, 5) is 4.30. The largest absolute Gasteiger partial charge is 0.376 e. The molecule has 0 spiro atoms.